The molecule has 1 aliphatic carbocycles. The summed E-state index contributed by atoms with van der Waals surface area (Å²) in [5.74, 6) is -1.31. The van der Waals surface area contributed by atoms with Crippen LogP contribution in [0.15, 0.2) is 52.3 Å². The quantitative estimate of drug-likeness (QED) is 0.0713. The van der Waals surface area contributed by atoms with E-state index >= 15 is 0 Å². The van der Waals surface area contributed by atoms with Gasteiger partial charge < -0.3 is 31.5 Å². The van der Waals surface area contributed by atoms with Crippen LogP contribution in [0.5, 0.6) is 0 Å². The first-order chi connectivity index (χ1) is 23.2. The predicted octanol–water partition coefficient (Wildman–Crippen LogP) is 1.35. The molecule has 1 aliphatic rings. The summed E-state index contributed by atoms with van der Waals surface area (Å²) in [5, 5.41) is 39.3. The zero-order chi connectivity index (χ0) is 37.7. The highest BCUT2D eigenvalue weighted by Gasteiger charge is 2.36. The first-order valence-corrected chi connectivity index (χ1v) is 18.5. The summed E-state index contributed by atoms with van der Waals surface area (Å²) in [5.41, 5.74) is 5.87. The molecule has 17 heteroatoms. The van der Waals surface area contributed by atoms with E-state index in [1.807, 2.05) is 4.90 Å². The smallest absolute Gasteiger partial charge is 0.296 e. The summed E-state index contributed by atoms with van der Waals surface area (Å²) in [6.45, 7) is 9.14. The number of nitrogen functional groups attached to an aromatic ring is 1. The molecule has 0 amide bonds. The maximum absolute atomic E-state index is 13.5. The Morgan fingerprint density at radius 2 is 1.30 bits per heavy atom. The molecular weight excluding hydrogens is 693 g/mol. The zero-order valence-corrected chi connectivity index (χ0v) is 30.0. The second-order valence-corrected chi connectivity index (χ2v) is 15.3. The third-order valence-corrected chi connectivity index (χ3v) is 10.1. The van der Waals surface area contributed by atoms with Crippen molar-refractivity contribution in [3.05, 3.63) is 75.8 Å². The lowest BCUT2D eigenvalue weighted by molar-refractivity contribution is 0.0530. The number of nitrogens with two attached hydrogens (primary N) is 1. The van der Waals surface area contributed by atoms with Crippen LogP contribution in [0.1, 0.15) is 63.7 Å². The number of anilines is 3. The summed E-state index contributed by atoms with van der Waals surface area (Å²) < 4.78 is 61.8. The van der Waals surface area contributed by atoms with E-state index in [2.05, 4.69) is 10.0 Å². The topological polar surface area (TPSA) is 257 Å². The fourth-order valence-corrected chi connectivity index (χ4v) is 7.55. The number of carbonyl (C=O) groups is 2. The molecular formula is C33H44N4O11S2. The molecule has 9 N–H and O–H groups in total. The Bertz CT molecular complexity index is 1940. The Morgan fingerprint density at radius 3 is 1.76 bits per heavy atom. The number of ketones is 2. The number of aryl methyl sites for hydroxylation is 1. The van der Waals surface area contributed by atoms with E-state index in [1.54, 1.807) is 52.8 Å². The van der Waals surface area contributed by atoms with Crippen LogP contribution >= 0.6 is 0 Å². The van der Waals surface area contributed by atoms with Gasteiger partial charge in [-0.1, -0.05) is 24.3 Å². The minimum Gasteiger partial charge on any atom is -0.397 e. The fourth-order valence-electron chi connectivity index (χ4n) is 5.54. The first-order valence-electron chi connectivity index (χ1n) is 15.6. The van der Waals surface area contributed by atoms with Crippen molar-refractivity contribution in [2.75, 3.05) is 43.8 Å². The summed E-state index contributed by atoms with van der Waals surface area (Å²) in [6, 6.07) is 9.72. The molecule has 0 aliphatic heterocycles. The maximum Gasteiger partial charge on any atom is 0.296 e. The Kier molecular flexibility index (Phi) is 13.4. The van der Waals surface area contributed by atoms with Crippen molar-refractivity contribution in [3.63, 3.8) is 0 Å². The second kappa shape index (κ2) is 16.5. The summed E-state index contributed by atoms with van der Waals surface area (Å²) in [4.78, 5) is 27.7. The number of hydrogen-bond acceptors (Lipinski definition) is 13. The number of aliphatic hydroxyl groups is 4. The molecule has 3 unspecified atom stereocenters. The van der Waals surface area contributed by atoms with Gasteiger partial charge in [0.2, 0.25) is 10.0 Å². The molecule has 0 spiro atoms. The third-order valence-electron chi connectivity index (χ3n) is 7.64. The minimum atomic E-state index is -4.91. The Hall–Kier alpha value is -3.78. The third kappa shape index (κ3) is 9.71. The highest BCUT2D eigenvalue weighted by Crippen LogP contribution is 2.40. The number of sulfonamides is 1. The van der Waals surface area contributed by atoms with Crippen molar-refractivity contribution in [3.8, 4) is 0 Å². The van der Waals surface area contributed by atoms with E-state index in [9.17, 15) is 31.0 Å². The summed E-state index contributed by atoms with van der Waals surface area (Å²) >= 11 is 0. The maximum atomic E-state index is 13.5. The van der Waals surface area contributed by atoms with Gasteiger partial charge in [-0.25, -0.2) is 13.1 Å². The molecule has 0 heterocycles. The molecule has 0 fully saturated rings. The van der Waals surface area contributed by atoms with Crippen molar-refractivity contribution >= 4 is 48.8 Å². The van der Waals surface area contributed by atoms with Gasteiger partial charge in [-0.05, 0) is 63.9 Å². The van der Waals surface area contributed by atoms with Crippen LogP contribution in [-0.2, 0) is 20.1 Å². The number of carbonyl (C=O) groups excluding carboxylic acids is 2. The van der Waals surface area contributed by atoms with Crippen molar-refractivity contribution in [2.45, 2.75) is 62.7 Å². The monoisotopic (exact) mass is 736 g/mol. The number of benzene rings is 3. The Labute approximate surface area is 291 Å². The SMILES string of the molecule is CC(O)CN(CC(C)O)CC(C)O.Cc1cc(Nc2cc(S(=O)(=O)O)c(N)c3c2C(=O)c2ccccc2C3=O)cc(S(=O)(=O)NCCO)c1C. The minimum absolute atomic E-state index is 0.0275. The highest BCUT2D eigenvalue weighted by molar-refractivity contribution is 7.89. The lowest BCUT2D eigenvalue weighted by Crippen LogP contribution is -2.40. The molecule has 3 atom stereocenters. The van der Waals surface area contributed by atoms with Crippen molar-refractivity contribution in [1.29, 1.82) is 0 Å². The van der Waals surface area contributed by atoms with Crippen LogP contribution in [0.4, 0.5) is 17.1 Å². The molecule has 3 aromatic rings. The lowest BCUT2D eigenvalue weighted by atomic mass is 9.82. The Morgan fingerprint density at radius 1 is 0.800 bits per heavy atom. The molecule has 15 nitrogen and oxygen atoms in total. The predicted molar refractivity (Wildman–Crippen MR) is 187 cm³/mol. The molecule has 3 aromatic carbocycles. The largest absolute Gasteiger partial charge is 0.397 e. The molecule has 0 saturated heterocycles. The van der Waals surface area contributed by atoms with E-state index in [0.717, 1.165) is 6.07 Å². The van der Waals surface area contributed by atoms with Gasteiger partial charge in [0.25, 0.3) is 10.1 Å². The average Bonchev–Trinajstić information content (AvgIpc) is 2.99. The molecule has 0 radical (unpaired) electrons. The fraction of sp³-hybridized carbons (Fsp3) is 0.394. The van der Waals surface area contributed by atoms with Gasteiger partial charge in [0.05, 0.1) is 52.3 Å². The zero-order valence-electron chi connectivity index (χ0n) is 28.3. The molecule has 0 bridgehead atoms. The van der Waals surface area contributed by atoms with Crippen LogP contribution in [0.2, 0.25) is 0 Å². The van der Waals surface area contributed by atoms with Gasteiger partial charge in [-0.15, -0.1) is 0 Å². The average molecular weight is 737 g/mol. The number of rotatable bonds is 13. The summed E-state index contributed by atoms with van der Waals surface area (Å²) in [7, 11) is -8.95. The lowest BCUT2D eigenvalue weighted by Gasteiger charge is -2.25. The van der Waals surface area contributed by atoms with Crippen LogP contribution in [-0.4, -0.2) is 109 Å². The van der Waals surface area contributed by atoms with Crippen molar-refractivity contribution in [2.24, 2.45) is 0 Å². The Balaban J connectivity index is 0.000000442. The van der Waals surface area contributed by atoms with Crippen molar-refractivity contribution in [1.82, 2.24) is 9.62 Å². The van der Waals surface area contributed by atoms with Crippen LogP contribution in [0, 0.1) is 13.8 Å². The van der Waals surface area contributed by atoms with E-state index in [0.29, 0.717) is 30.8 Å². The van der Waals surface area contributed by atoms with Gasteiger partial charge >= 0.3 is 0 Å². The summed E-state index contributed by atoms with van der Waals surface area (Å²) in [6.07, 6.45) is -1.30. The number of nitrogens with zero attached hydrogens (tertiary/aromatic N) is 1. The van der Waals surface area contributed by atoms with Gasteiger partial charge in [0.15, 0.2) is 11.6 Å². The van der Waals surface area contributed by atoms with E-state index < -0.39 is 67.2 Å². The highest BCUT2D eigenvalue weighted by atomic mass is 32.2. The molecule has 4 rings (SSSR count). The van der Waals surface area contributed by atoms with E-state index in [-0.39, 0.29) is 45.1 Å². The van der Waals surface area contributed by atoms with Crippen molar-refractivity contribution < 1.29 is 51.4 Å². The molecule has 50 heavy (non-hydrogen) atoms. The number of aliphatic hydroxyl groups excluding tert-OH is 4. The van der Waals surface area contributed by atoms with Gasteiger partial charge in [0, 0.05) is 43.0 Å². The van der Waals surface area contributed by atoms with Gasteiger partial charge in [-0.2, -0.15) is 8.42 Å². The number of nitrogens with one attached hydrogen (secondary N) is 2. The molecule has 0 saturated carbocycles. The van der Waals surface area contributed by atoms with Crippen LogP contribution in [0.25, 0.3) is 0 Å². The molecule has 274 valence electrons. The van der Waals surface area contributed by atoms with E-state index in [4.69, 9.17) is 26.2 Å². The van der Waals surface area contributed by atoms with Crippen LogP contribution in [0.3, 0.4) is 0 Å². The first kappa shape index (κ1) is 40.6. The normalized spacial score (nSPS) is 14.7. The number of fused-ring (bicyclic) bond motifs is 2. The van der Waals surface area contributed by atoms with Gasteiger partial charge in [-0.3, -0.25) is 19.0 Å². The van der Waals surface area contributed by atoms with E-state index in [1.165, 1.54) is 18.2 Å². The number of hydrogen-bond donors (Lipinski definition) is 8. The standard InChI is InChI=1S/C24H23N3O8S2.C9H21NO3/c1-12-9-14(10-18(13(12)2)36(31,32)26-7-8-28)27-17-11-19(37(33,34)35)22(25)21-20(17)23(29)15-5-3-4-6-16(15)24(21)30;1-7(11)4-10(5-8(2)12)6-9(3)13/h3-6,9-11,26-28H,7-8,25H2,1-2H3,(H,33,34,35);7-9,11-13H,4-6H2,1-3H3. The van der Waals surface area contributed by atoms with Gasteiger partial charge in [0.1, 0.15) is 4.90 Å². The second-order valence-electron chi connectivity index (χ2n) is 12.2. The molecule has 0 aromatic heterocycles. The van der Waals surface area contributed by atoms with Crippen LogP contribution < -0.4 is 15.8 Å².